The number of hydrogen-bond donors (Lipinski definition) is 6. The fraction of sp³-hybridized carbons (Fsp3) is 0.700. The number of carbonyl (C=O) groups is 2. The van der Waals surface area contributed by atoms with Gasteiger partial charge in [0.05, 0.1) is 25.9 Å². The van der Waals surface area contributed by atoms with Crippen LogP contribution in [0.5, 0.6) is 0 Å². The Morgan fingerprint density at radius 1 is 0.712 bits per heavy atom. The van der Waals surface area contributed by atoms with Gasteiger partial charge in [-0.15, -0.1) is 9.05 Å². The average Bonchev–Trinajstić information content (AvgIpc) is 3.98. The van der Waals surface area contributed by atoms with Crippen LogP contribution in [0.1, 0.15) is 81.7 Å². The van der Waals surface area contributed by atoms with Gasteiger partial charge >= 0.3 is 8.25 Å². The number of aliphatic hydroxyl groups excluding tert-OH is 2. The Bertz CT molecular complexity index is 2390. The molecular formula is C40H64N10O13PSi2+. The summed E-state index contributed by atoms with van der Waals surface area (Å²) in [6, 6.07) is 0. The Morgan fingerprint density at radius 3 is 1.36 bits per heavy atom. The van der Waals surface area contributed by atoms with Crippen molar-refractivity contribution in [3.05, 3.63) is 33.4 Å². The van der Waals surface area contributed by atoms with Crippen molar-refractivity contribution in [1.82, 2.24) is 39.0 Å². The number of aliphatic hydroxyl groups is 2. The van der Waals surface area contributed by atoms with Gasteiger partial charge in [-0.3, -0.25) is 48.9 Å². The molecule has 26 heteroatoms. The van der Waals surface area contributed by atoms with Crippen molar-refractivity contribution in [2.24, 2.45) is 11.8 Å². The van der Waals surface area contributed by atoms with Gasteiger partial charge in [-0.05, 0) is 36.3 Å². The Labute approximate surface area is 384 Å². The second-order valence-corrected chi connectivity index (χ2v) is 30.7. The first-order chi connectivity index (χ1) is 30.6. The molecule has 2 aliphatic rings. The molecule has 8 atom stereocenters. The van der Waals surface area contributed by atoms with Crippen LogP contribution in [0.3, 0.4) is 0 Å². The first-order valence-electron chi connectivity index (χ1n) is 21.8. The highest BCUT2D eigenvalue weighted by Gasteiger charge is 2.59. The number of imidazole rings is 2. The van der Waals surface area contributed by atoms with Crippen molar-refractivity contribution < 1.29 is 51.7 Å². The third-order valence-electron chi connectivity index (χ3n) is 12.8. The molecule has 0 aromatic carbocycles. The molecule has 2 amide bonds. The van der Waals surface area contributed by atoms with Gasteiger partial charge in [0, 0.05) is 16.4 Å². The molecule has 0 unspecified atom stereocenters. The molecular weight excluding hydrogens is 916 g/mol. The number of amides is 2. The molecule has 6 rings (SSSR count). The van der Waals surface area contributed by atoms with E-state index in [4.69, 9.17) is 27.4 Å². The number of H-pyrrole nitrogens is 2. The fourth-order valence-corrected chi connectivity index (χ4v) is 10.3. The lowest BCUT2D eigenvalue weighted by atomic mass is 10.1. The molecule has 6 heterocycles. The third kappa shape index (κ3) is 10.3. The second-order valence-electron chi connectivity index (χ2n) is 20.3. The van der Waals surface area contributed by atoms with E-state index in [1.165, 1.54) is 21.8 Å². The predicted molar refractivity (Wildman–Crippen MR) is 247 cm³/mol. The molecule has 4 aromatic heterocycles. The Balaban J connectivity index is 1.45. The van der Waals surface area contributed by atoms with Crippen molar-refractivity contribution >= 4 is 70.9 Å². The minimum absolute atomic E-state index is 0.0199. The van der Waals surface area contributed by atoms with Gasteiger partial charge < -0.3 is 28.5 Å². The van der Waals surface area contributed by atoms with E-state index in [1.54, 1.807) is 27.7 Å². The smallest absolute Gasteiger partial charge is 0.408 e. The SMILES string of the molecule is CC(C)C(=O)Nc1nc2c(ncn2[C@@H]2O[C@H](CO)[C@@H](O[Si](C)(C)C(C)(C)C)[C@H]2O[P+](=O)O[C@@H]2[C@H](O[Si](C)(C)C(C)(C)C)[C@@H](CO)O[C@H]2n2cnc3c(=O)[nH]c(NC(=O)C(C)C)nc32)c(=O)[nH]1. The summed E-state index contributed by atoms with van der Waals surface area (Å²) < 4.78 is 57.0. The van der Waals surface area contributed by atoms with Crippen LogP contribution in [-0.2, 0) is 41.5 Å². The van der Waals surface area contributed by atoms with E-state index in [-0.39, 0.29) is 44.3 Å². The number of fused-ring (bicyclic) bond motifs is 2. The van der Waals surface area contributed by atoms with Crippen LogP contribution in [0.25, 0.3) is 22.3 Å². The molecule has 6 N–H and O–H groups in total. The maximum atomic E-state index is 14.8. The van der Waals surface area contributed by atoms with Gasteiger partial charge in [0.15, 0.2) is 63.6 Å². The summed E-state index contributed by atoms with van der Waals surface area (Å²) in [7, 11) is -8.71. The quantitative estimate of drug-likeness (QED) is 0.0668. The van der Waals surface area contributed by atoms with Crippen LogP contribution in [0.15, 0.2) is 22.2 Å². The molecule has 0 radical (unpaired) electrons. The van der Waals surface area contributed by atoms with Crippen molar-refractivity contribution in [2.75, 3.05) is 23.8 Å². The lowest BCUT2D eigenvalue weighted by Crippen LogP contribution is -2.50. The highest BCUT2D eigenvalue weighted by molar-refractivity contribution is 7.33. The highest BCUT2D eigenvalue weighted by atomic mass is 31.1. The molecule has 66 heavy (non-hydrogen) atoms. The number of carbonyl (C=O) groups excluding carboxylic acids is 2. The monoisotopic (exact) mass is 979 g/mol. The normalized spacial score (nSPS) is 24.5. The number of hydrogen-bond acceptors (Lipinski definition) is 17. The summed E-state index contributed by atoms with van der Waals surface area (Å²) in [6.45, 7) is 25.7. The van der Waals surface area contributed by atoms with Gasteiger partial charge in [-0.2, -0.15) is 9.97 Å². The van der Waals surface area contributed by atoms with Crippen LogP contribution in [-0.4, -0.2) is 128 Å². The van der Waals surface area contributed by atoms with Crippen molar-refractivity contribution in [2.45, 2.75) is 155 Å². The first-order valence-corrected chi connectivity index (χ1v) is 28.7. The number of nitrogens with zero attached hydrogens (tertiary/aromatic N) is 6. The van der Waals surface area contributed by atoms with Crippen LogP contribution in [0.4, 0.5) is 11.9 Å². The number of anilines is 2. The zero-order chi connectivity index (χ0) is 49.0. The molecule has 2 aliphatic heterocycles. The molecule has 4 aromatic rings. The molecule has 0 saturated carbocycles. The average molecular weight is 980 g/mol. The number of aromatic amines is 2. The number of aromatic nitrogens is 8. The van der Waals surface area contributed by atoms with E-state index in [0.29, 0.717) is 0 Å². The molecule has 0 spiro atoms. The Kier molecular flexibility index (Phi) is 14.8. The summed E-state index contributed by atoms with van der Waals surface area (Å²) in [5.74, 6) is -1.99. The van der Waals surface area contributed by atoms with Crippen molar-refractivity contribution in [3.8, 4) is 0 Å². The van der Waals surface area contributed by atoms with E-state index in [9.17, 15) is 34.0 Å². The minimum atomic E-state index is -3.26. The lowest BCUT2D eigenvalue weighted by molar-refractivity contribution is -0.119. The highest BCUT2D eigenvalue weighted by Crippen LogP contribution is 2.49. The largest absolute Gasteiger partial charge is 0.698 e. The van der Waals surface area contributed by atoms with E-state index in [2.05, 4.69) is 40.5 Å². The molecule has 0 bridgehead atoms. The maximum absolute atomic E-state index is 14.8. The first kappa shape index (κ1) is 51.2. The van der Waals surface area contributed by atoms with Gasteiger partial charge in [0.2, 0.25) is 23.7 Å². The minimum Gasteiger partial charge on any atom is -0.408 e. The van der Waals surface area contributed by atoms with Crippen molar-refractivity contribution in [3.63, 3.8) is 0 Å². The van der Waals surface area contributed by atoms with Gasteiger partial charge in [-0.25, -0.2) is 9.97 Å². The summed E-state index contributed by atoms with van der Waals surface area (Å²) in [5, 5.41) is 26.1. The predicted octanol–water partition coefficient (Wildman–Crippen LogP) is 4.43. The van der Waals surface area contributed by atoms with E-state index in [1.807, 2.05) is 67.7 Å². The Hall–Kier alpha value is -4.15. The van der Waals surface area contributed by atoms with Crippen LogP contribution >= 0.6 is 8.25 Å². The third-order valence-corrected chi connectivity index (χ3v) is 22.5. The van der Waals surface area contributed by atoms with E-state index >= 15 is 0 Å². The topological polar surface area (TPSA) is 298 Å². The van der Waals surface area contributed by atoms with Gasteiger partial charge in [0.1, 0.15) is 24.4 Å². The zero-order valence-electron chi connectivity index (χ0n) is 39.9. The van der Waals surface area contributed by atoms with Crippen molar-refractivity contribution in [1.29, 1.82) is 0 Å². The standard InChI is InChI=1S/C40H63N10O13PSi2/c1-19(2)31(53)45-37-43-29-23(33(55)47-37)41-17-49(29)35-27(25(21(15-51)58-35)62-65(11,12)39(5,6)7)60-64(57)61-28-26(63-66(13,14)40(8,9)10)22(16-52)59-36(28)50-18-42-24-30(50)44-38(48-34(24)56)46-32(54)20(3)4/h17-22,25-28,35-36,51-52H,15-16H2,1-14H3,(H3-,43,44,45,46,47,48,53,54,55,56)/p+1/t21-,22-,25-,26-,27-,28-,35-,36-/m1/s1. The molecule has 23 nitrogen and oxygen atoms in total. The molecule has 2 fully saturated rings. The Morgan fingerprint density at radius 2 is 1.06 bits per heavy atom. The summed E-state index contributed by atoms with van der Waals surface area (Å²) in [5.41, 5.74) is -1.57. The van der Waals surface area contributed by atoms with Crippen LogP contribution < -0.4 is 21.8 Å². The molecule has 364 valence electrons. The summed E-state index contributed by atoms with van der Waals surface area (Å²) in [4.78, 5) is 74.4. The van der Waals surface area contributed by atoms with Gasteiger partial charge in [-0.1, -0.05) is 69.2 Å². The lowest BCUT2D eigenvalue weighted by Gasteiger charge is -2.40. The maximum Gasteiger partial charge on any atom is 0.698 e. The number of ether oxygens (including phenoxy) is 2. The van der Waals surface area contributed by atoms with E-state index < -0.39 is 122 Å². The van der Waals surface area contributed by atoms with Crippen LogP contribution in [0.2, 0.25) is 36.3 Å². The van der Waals surface area contributed by atoms with Gasteiger partial charge in [0.25, 0.3) is 11.1 Å². The second kappa shape index (κ2) is 19.1. The number of nitrogens with one attached hydrogen (secondary N) is 4. The fourth-order valence-electron chi connectivity index (χ4n) is 6.79. The molecule has 2 saturated heterocycles. The summed E-state index contributed by atoms with van der Waals surface area (Å²) in [6.07, 6.45) is -6.93. The zero-order valence-corrected chi connectivity index (χ0v) is 42.8. The van der Waals surface area contributed by atoms with E-state index in [0.717, 1.165) is 0 Å². The van der Waals surface area contributed by atoms with Crippen LogP contribution in [0, 0.1) is 11.8 Å². The molecule has 0 aliphatic carbocycles. The summed E-state index contributed by atoms with van der Waals surface area (Å²) >= 11 is 0. The number of rotatable bonds is 16.